The molecule has 0 amide bonds. The first-order valence-corrected chi connectivity index (χ1v) is 8.69. The van der Waals surface area contributed by atoms with E-state index in [1.54, 1.807) is 10.9 Å². The van der Waals surface area contributed by atoms with Crippen molar-refractivity contribution in [2.24, 2.45) is 10.9 Å². The van der Waals surface area contributed by atoms with Crippen LogP contribution in [0.4, 0.5) is 5.82 Å². The van der Waals surface area contributed by atoms with Gasteiger partial charge in [0.15, 0.2) is 5.82 Å². The van der Waals surface area contributed by atoms with Gasteiger partial charge in [-0.3, -0.25) is 5.32 Å². The van der Waals surface area contributed by atoms with Gasteiger partial charge in [-0.25, -0.2) is 19.6 Å². The summed E-state index contributed by atoms with van der Waals surface area (Å²) in [6.07, 6.45) is 7.32. The van der Waals surface area contributed by atoms with E-state index in [0.29, 0.717) is 30.1 Å². The Morgan fingerprint density at radius 3 is 3.12 bits per heavy atom. The lowest BCUT2D eigenvalue weighted by molar-refractivity contribution is -0.0389. The minimum Gasteiger partial charge on any atom is -0.455 e. The minimum absolute atomic E-state index is 0.220. The molecule has 1 N–H and O–H groups in total. The first-order valence-electron chi connectivity index (χ1n) is 8.69. The second kappa shape index (κ2) is 6.44. The van der Waals surface area contributed by atoms with E-state index in [1.165, 1.54) is 6.33 Å². The number of piperidine rings is 1. The number of nitrogens with zero attached hydrogens (tertiary/aromatic N) is 6. The van der Waals surface area contributed by atoms with E-state index in [-0.39, 0.29) is 5.60 Å². The second-order valence-electron chi connectivity index (χ2n) is 6.76. The molecule has 1 saturated heterocycles. The Bertz CT molecular complexity index is 760. The zero-order valence-electron chi connectivity index (χ0n) is 14.6. The molecule has 1 spiro atoms. The summed E-state index contributed by atoms with van der Waals surface area (Å²) in [7, 11) is 2.14. The van der Waals surface area contributed by atoms with Crippen molar-refractivity contribution >= 4 is 11.8 Å². The van der Waals surface area contributed by atoms with Crippen LogP contribution in [0.2, 0.25) is 0 Å². The molecular weight excluding hydrogens is 318 g/mol. The molecule has 2 aromatic heterocycles. The molecule has 2 aliphatic heterocycles. The first kappa shape index (κ1) is 16.0. The predicted octanol–water partition coefficient (Wildman–Crippen LogP) is 1.56. The zero-order valence-corrected chi connectivity index (χ0v) is 14.6. The second-order valence-corrected chi connectivity index (χ2v) is 6.76. The van der Waals surface area contributed by atoms with Gasteiger partial charge < -0.3 is 9.64 Å². The molecule has 2 aliphatic rings. The Morgan fingerprint density at radius 2 is 2.32 bits per heavy atom. The van der Waals surface area contributed by atoms with E-state index >= 15 is 0 Å². The predicted molar refractivity (Wildman–Crippen MR) is 94.8 cm³/mol. The SMILES string of the molecule is CCC1CCN(C)C[C@@]12CN=C(Nc1cc(-n3cccn3)ncn1)O2. The molecule has 0 aliphatic carbocycles. The average Bonchev–Trinajstić information content (AvgIpc) is 3.26. The number of hydrogen-bond acceptors (Lipinski definition) is 7. The molecule has 1 fully saturated rings. The Hall–Kier alpha value is -2.48. The van der Waals surface area contributed by atoms with Gasteiger partial charge in [-0.2, -0.15) is 5.10 Å². The third-order valence-electron chi connectivity index (χ3n) is 5.05. The molecule has 1 unspecified atom stereocenters. The lowest BCUT2D eigenvalue weighted by atomic mass is 9.79. The summed E-state index contributed by atoms with van der Waals surface area (Å²) < 4.78 is 8.00. The highest BCUT2D eigenvalue weighted by molar-refractivity contribution is 5.89. The number of nitrogens with one attached hydrogen (secondary N) is 1. The molecule has 2 atom stereocenters. The fraction of sp³-hybridized carbons (Fsp3) is 0.529. The van der Waals surface area contributed by atoms with Gasteiger partial charge in [-0.15, -0.1) is 0 Å². The van der Waals surface area contributed by atoms with E-state index in [1.807, 2.05) is 18.3 Å². The van der Waals surface area contributed by atoms with E-state index < -0.39 is 0 Å². The van der Waals surface area contributed by atoms with Crippen molar-refractivity contribution in [3.63, 3.8) is 0 Å². The van der Waals surface area contributed by atoms with Crippen molar-refractivity contribution < 1.29 is 4.74 Å². The van der Waals surface area contributed by atoms with Crippen molar-refractivity contribution in [2.75, 3.05) is 32.0 Å². The maximum Gasteiger partial charge on any atom is 0.291 e. The van der Waals surface area contributed by atoms with Crippen LogP contribution in [0.15, 0.2) is 35.8 Å². The van der Waals surface area contributed by atoms with Gasteiger partial charge in [-0.1, -0.05) is 6.92 Å². The van der Waals surface area contributed by atoms with Crippen molar-refractivity contribution in [3.8, 4) is 5.82 Å². The zero-order chi connectivity index (χ0) is 17.3. The fourth-order valence-corrected chi connectivity index (χ4v) is 3.76. The standard InChI is InChI=1S/C17H23N7O/c1-3-13-5-8-23(2)11-17(13)10-18-16(25-17)22-14-9-15(20-12-19-14)24-7-4-6-21-24/h4,6-7,9,12-13H,3,5,8,10-11H2,1-2H3,(H,18,19,20,22)/t13?,17-/m0/s1. The quantitative estimate of drug-likeness (QED) is 0.912. The summed E-state index contributed by atoms with van der Waals surface area (Å²) in [6.45, 7) is 4.94. The van der Waals surface area contributed by atoms with Crippen molar-refractivity contribution in [2.45, 2.75) is 25.4 Å². The third kappa shape index (κ3) is 3.09. The Labute approximate surface area is 146 Å². The van der Waals surface area contributed by atoms with Crippen LogP contribution < -0.4 is 5.32 Å². The number of likely N-dealkylation sites (N-methyl/N-ethyl adjacent to an activating group) is 1. The number of rotatable bonds is 3. The molecule has 0 saturated carbocycles. The number of ether oxygens (including phenoxy) is 1. The fourth-order valence-electron chi connectivity index (χ4n) is 3.76. The molecule has 0 aromatic carbocycles. The summed E-state index contributed by atoms with van der Waals surface area (Å²) >= 11 is 0. The largest absolute Gasteiger partial charge is 0.455 e. The van der Waals surface area contributed by atoms with Gasteiger partial charge in [0.2, 0.25) is 0 Å². The van der Waals surface area contributed by atoms with Crippen LogP contribution in [0.1, 0.15) is 19.8 Å². The summed E-state index contributed by atoms with van der Waals surface area (Å²) in [6, 6.07) is 4.22. The minimum atomic E-state index is -0.220. The number of aliphatic imine (C=N–C) groups is 1. The van der Waals surface area contributed by atoms with Gasteiger partial charge in [0.25, 0.3) is 6.02 Å². The van der Waals surface area contributed by atoms with Crippen molar-refractivity contribution in [1.29, 1.82) is 0 Å². The lowest BCUT2D eigenvalue weighted by Gasteiger charge is -2.43. The number of aromatic nitrogens is 4. The molecule has 2 aromatic rings. The molecular formula is C17H23N7O. The van der Waals surface area contributed by atoms with Crippen LogP contribution in [0.25, 0.3) is 5.82 Å². The summed E-state index contributed by atoms with van der Waals surface area (Å²) in [4.78, 5) is 15.4. The first-order chi connectivity index (χ1) is 12.2. The maximum absolute atomic E-state index is 6.31. The summed E-state index contributed by atoms with van der Waals surface area (Å²) in [5.41, 5.74) is -0.220. The van der Waals surface area contributed by atoms with Gasteiger partial charge >= 0.3 is 0 Å². The maximum atomic E-state index is 6.31. The van der Waals surface area contributed by atoms with E-state index in [9.17, 15) is 0 Å². The molecule has 4 rings (SSSR count). The molecule has 132 valence electrons. The number of anilines is 1. The highest BCUT2D eigenvalue weighted by Gasteiger charge is 2.47. The lowest BCUT2D eigenvalue weighted by Crippen LogP contribution is -2.55. The van der Waals surface area contributed by atoms with Crippen LogP contribution in [-0.2, 0) is 4.74 Å². The van der Waals surface area contributed by atoms with Crippen LogP contribution in [0.3, 0.4) is 0 Å². The van der Waals surface area contributed by atoms with Crippen LogP contribution in [0, 0.1) is 5.92 Å². The normalized spacial score (nSPS) is 26.5. The number of likely N-dealkylation sites (tertiary alicyclic amines) is 1. The molecule has 8 heteroatoms. The monoisotopic (exact) mass is 341 g/mol. The number of hydrogen-bond donors (Lipinski definition) is 1. The topological polar surface area (TPSA) is 80.5 Å². The Morgan fingerprint density at radius 1 is 1.40 bits per heavy atom. The number of amidine groups is 1. The van der Waals surface area contributed by atoms with Crippen molar-refractivity contribution in [3.05, 3.63) is 30.9 Å². The third-order valence-corrected chi connectivity index (χ3v) is 5.05. The highest BCUT2D eigenvalue weighted by atomic mass is 16.5. The van der Waals surface area contributed by atoms with Crippen LogP contribution >= 0.6 is 0 Å². The van der Waals surface area contributed by atoms with Gasteiger partial charge in [0, 0.05) is 30.9 Å². The van der Waals surface area contributed by atoms with Gasteiger partial charge in [0.05, 0.1) is 6.54 Å². The molecule has 4 heterocycles. The van der Waals surface area contributed by atoms with Gasteiger partial charge in [0.1, 0.15) is 17.7 Å². The van der Waals surface area contributed by atoms with E-state index in [4.69, 9.17) is 4.74 Å². The summed E-state index contributed by atoms with van der Waals surface area (Å²) in [5.74, 6) is 1.87. The molecule has 0 bridgehead atoms. The van der Waals surface area contributed by atoms with E-state index in [0.717, 1.165) is 25.9 Å². The van der Waals surface area contributed by atoms with E-state index in [2.05, 4.69) is 44.2 Å². The van der Waals surface area contributed by atoms with Crippen molar-refractivity contribution in [1.82, 2.24) is 24.6 Å². The van der Waals surface area contributed by atoms with Gasteiger partial charge in [-0.05, 0) is 32.5 Å². The van der Waals surface area contributed by atoms with Crippen LogP contribution in [0.5, 0.6) is 0 Å². The van der Waals surface area contributed by atoms with Crippen LogP contribution in [-0.4, -0.2) is 63.0 Å². The molecule has 8 nitrogen and oxygen atoms in total. The summed E-state index contributed by atoms with van der Waals surface area (Å²) in [5, 5.41) is 7.38. The Balaban J connectivity index is 1.48. The smallest absolute Gasteiger partial charge is 0.291 e. The molecule has 25 heavy (non-hydrogen) atoms. The molecule has 0 radical (unpaired) electrons. The highest BCUT2D eigenvalue weighted by Crippen LogP contribution is 2.36. The average molecular weight is 341 g/mol. The Kier molecular flexibility index (Phi) is 4.12.